The maximum atomic E-state index is 9.39. The lowest BCUT2D eigenvalue weighted by atomic mass is 10.1. The number of pyridine rings is 1. The third-order valence-electron chi connectivity index (χ3n) is 4.64. The first-order valence-electron chi connectivity index (χ1n) is 9.46. The number of aryl methyl sites for hydroxylation is 1. The number of unbranched alkanes of at least 4 members (excludes halogenated alkanes) is 5. The first kappa shape index (κ1) is 18.9. The summed E-state index contributed by atoms with van der Waals surface area (Å²) in [6, 6.07) is 11.5. The molecule has 0 aliphatic heterocycles. The van der Waals surface area contributed by atoms with E-state index >= 15 is 0 Å². The molecular weight excluding hydrogens is 346 g/mol. The van der Waals surface area contributed by atoms with E-state index in [2.05, 4.69) is 16.5 Å². The van der Waals surface area contributed by atoms with Gasteiger partial charge in [0.2, 0.25) is 0 Å². The van der Waals surface area contributed by atoms with Crippen LogP contribution in [0, 0.1) is 0 Å². The van der Waals surface area contributed by atoms with Crippen LogP contribution >= 0.6 is 11.6 Å². The van der Waals surface area contributed by atoms with Gasteiger partial charge in [-0.1, -0.05) is 56.7 Å². The van der Waals surface area contributed by atoms with Crippen LogP contribution in [0.1, 0.15) is 51.1 Å². The number of imidazole rings is 1. The smallest absolute Gasteiger partial charge is 0.159 e. The van der Waals surface area contributed by atoms with Gasteiger partial charge in [-0.05, 0) is 36.8 Å². The van der Waals surface area contributed by atoms with Crippen molar-refractivity contribution in [1.29, 1.82) is 0 Å². The number of nitrogens with zero attached hydrogens (tertiary/aromatic N) is 3. The van der Waals surface area contributed by atoms with Gasteiger partial charge in [-0.2, -0.15) is 0 Å². The molecule has 0 amide bonds. The van der Waals surface area contributed by atoms with Crippen molar-refractivity contribution in [3.63, 3.8) is 0 Å². The van der Waals surface area contributed by atoms with Crippen molar-refractivity contribution in [1.82, 2.24) is 14.5 Å². The van der Waals surface area contributed by atoms with E-state index in [1.807, 2.05) is 36.4 Å². The molecule has 0 radical (unpaired) electrons. The first-order valence-corrected chi connectivity index (χ1v) is 9.83. The van der Waals surface area contributed by atoms with Gasteiger partial charge in [0.1, 0.15) is 5.69 Å². The standard InChI is InChI=1S/C21H26ClN3O/c1-2-3-4-5-6-7-13-25-20-14-16(22)11-12-18(20)24-21(25)19-10-8-9-17(15-26)23-19/h8-12,14,26H,2-7,13,15H2,1H3. The third kappa shape index (κ3) is 4.43. The summed E-state index contributed by atoms with van der Waals surface area (Å²) in [7, 11) is 0. The Bertz CT molecular complexity index is 860. The van der Waals surface area contributed by atoms with Crippen LogP contribution in [0.15, 0.2) is 36.4 Å². The number of fused-ring (bicyclic) bond motifs is 1. The number of aliphatic hydroxyl groups excluding tert-OH is 1. The zero-order valence-corrected chi connectivity index (χ0v) is 16.0. The van der Waals surface area contributed by atoms with E-state index in [4.69, 9.17) is 16.6 Å². The average molecular weight is 372 g/mol. The second-order valence-electron chi connectivity index (χ2n) is 6.66. The van der Waals surface area contributed by atoms with Crippen molar-refractivity contribution in [3.05, 3.63) is 47.1 Å². The normalized spacial score (nSPS) is 11.3. The van der Waals surface area contributed by atoms with E-state index in [-0.39, 0.29) is 6.61 Å². The Balaban J connectivity index is 1.89. The largest absolute Gasteiger partial charge is 0.390 e. The fraction of sp³-hybridized carbons (Fsp3) is 0.429. The summed E-state index contributed by atoms with van der Waals surface area (Å²) < 4.78 is 2.21. The van der Waals surface area contributed by atoms with E-state index in [1.54, 1.807) is 0 Å². The zero-order chi connectivity index (χ0) is 18.4. The van der Waals surface area contributed by atoms with Crippen LogP contribution < -0.4 is 0 Å². The van der Waals surface area contributed by atoms with Crippen molar-refractivity contribution >= 4 is 22.6 Å². The molecule has 5 heteroatoms. The second kappa shape index (κ2) is 9.15. The molecule has 0 aliphatic rings. The lowest BCUT2D eigenvalue weighted by molar-refractivity contribution is 0.277. The molecule has 4 nitrogen and oxygen atoms in total. The number of hydrogen-bond donors (Lipinski definition) is 1. The number of hydrogen-bond acceptors (Lipinski definition) is 3. The summed E-state index contributed by atoms with van der Waals surface area (Å²) in [5, 5.41) is 10.1. The van der Waals surface area contributed by atoms with Crippen molar-refractivity contribution in [3.8, 4) is 11.5 Å². The van der Waals surface area contributed by atoms with Gasteiger partial charge in [-0.3, -0.25) is 0 Å². The van der Waals surface area contributed by atoms with E-state index < -0.39 is 0 Å². The lowest BCUT2D eigenvalue weighted by Crippen LogP contribution is -2.03. The number of aromatic nitrogens is 3. The van der Waals surface area contributed by atoms with Crippen molar-refractivity contribution in [2.24, 2.45) is 0 Å². The minimum absolute atomic E-state index is 0.0721. The van der Waals surface area contributed by atoms with E-state index in [0.717, 1.165) is 35.5 Å². The molecule has 0 atom stereocenters. The van der Waals surface area contributed by atoms with Crippen molar-refractivity contribution < 1.29 is 5.11 Å². The van der Waals surface area contributed by atoms with Gasteiger partial charge in [0.15, 0.2) is 5.82 Å². The number of aliphatic hydroxyl groups is 1. The van der Waals surface area contributed by atoms with Crippen molar-refractivity contribution in [2.45, 2.75) is 58.6 Å². The molecule has 0 unspecified atom stereocenters. The molecule has 0 aliphatic carbocycles. The first-order chi connectivity index (χ1) is 12.7. The van der Waals surface area contributed by atoms with Gasteiger partial charge in [-0.25, -0.2) is 9.97 Å². The molecule has 1 aromatic carbocycles. The molecule has 3 rings (SSSR count). The molecule has 0 bridgehead atoms. The average Bonchev–Trinajstić information content (AvgIpc) is 3.02. The SMILES string of the molecule is CCCCCCCCn1c(-c2cccc(CO)n2)nc2ccc(Cl)cc21. The molecule has 1 N–H and O–H groups in total. The highest BCUT2D eigenvalue weighted by Crippen LogP contribution is 2.27. The molecular formula is C21H26ClN3O. The molecule has 2 heterocycles. The van der Waals surface area contributed by atoms with Crippen LogP contribution in [0.3, 0.4) is 0 Å². The highest BCUT2D eigenvalue weighted by atomic mass is 35.5. The van der Waals surface area contributed by atoms with Crippen LogP contribution in [0.2, 0.25) is 5.02 Å². The van der Waals surface area contributed by atoms with E-state index in [1.165, 1.54) is 32.1 Å². The molecule has 0 saturated heterocycles. The summed E-state index contributed by atoms with van der Waals surface area (Å²) in [4.78, 5) is 9.33. The summed E-state index contributed by atoms with van der Waals surface area (Å²) in [6.45, 7) is 3.06. The quantitative estimate of drug-likeness (QED) is 0.498. The van der Waals surface area contributed by atoms with Gasteiger partial charge >= 0.3 is 0 Å². The highest BCUT2D eigenvalue weighted by molar-refractivity contribution is 6.31. The molecule has 0 spiro atoms. The molecule has 0 saturated carbocycles. The highest BCUT2D eigenvalue weighted by Gasteiger charge is 2.14. The van der Waals surface area contributed by atoms with Gasteiger partial charge in [-0.15, -0.1) is 0 Å². The molecule has 2 aromatic heterocycles. The monoisotopic (exact) mass is 371 g/mol. The Labute approximate surface area is 159 Å². The second-order valence-corrected chi connectivity index (χ2v) is 7.10. The van der Waals surface area contributed by atoms with Gasteiger partial charge in [0.25, 0.3) is 0 Å². The van der Waals surface area contributed by atoms with Crippen molar-refractivity contribution in [2.75, 3.05) is 0 Å². The van der Waals surface area contributed by atoms with E-state index in [0.29, 0.717) is 10.7 Å². The Hall–Kier alpha value is -1.91. The molecule has 26 heavy (non-hydrogen) atoms. The fourth-order valence-electron chi connectivity index (χ4n) is 3.26. The van der Waals surface area contributed by atoms with Crippen LogP contribution in [0.4, 0.5) is 0 Å². The zero-order valence-electron chi connectivity index (χ0n) is 15.3. The third-order valence-corrected chi connectivity index (χ3v) is 4.88. The van der Waals surface area contributed by atoms with E-state index in [9.17, 15) is 5.11 Å². The van der Waals surface area contributed by atoms with Crippen LogP contribution in [0.5, 0.6) is 0 Å². The minimum atomic E-state index is -0.0721. The molecule has 3 aromatic rings. The summed E-state index contributed by atoms with van der Waals surface area (Å²) in [5.74, 6) is 0.839. The maximum absolute atomic E-state index is 9.39. The predicted octanol–water partition coefficient (Wildman–Crippen LogP) is 5.60. The van der Waals surface area contributed by atoms with Gasteiger partial charge in [0.05, 0.1) is 23.3 Å². The Morgan fingerprint density at radius 2 is 1.81 bits per heavy atom. The number of benzene rings is 1. The molecule has 0 fully saturated rings. The maximum Gasteiger partial charge on any atom is 0.159 e. The minimum Gasteiger partial charge on any atom is -0.390 e. The Kier molecular flexibility index (Phi) is 6.64. The number of halogens is 1. The lowest BCUT2D eigenvalue weighted by Gasteiger charge is -2.10. The summed E-state index contributed by atoms with van der Waals surface area (Å²) in [6.07, 6.45) is 7.47. The predicted molar refractivity (Wildman–Crippen MR) is 107 cm³/mol. The number of rotatable bonds is 9. The Morgan fingerprint density at radius 1 is 1.00 bits per heavy atom. The van der Waals surface area contributed by atoms with Crippen LogP contribution in [0.25, 0.3) is 22.6 Å². The summed E-state index contributed by atoms with van der Waals surface area (Å²) in [5.41, 5.74) is 3.40. The van der Waals surface area contributed by atoms with Gasteiger partial charge < -0.3 is 9.67 Å². The van der Waals surface area contributed by atoms with Crippen LogP contribution in [-0.2, 0) is 13.2 Å². The molecule has 138 valence electrons. The Morgan fingerprint density at radius 3 is 2.62 bits per heavy atom. The van der Waals surface area contributed by atoms with Crippen LogP contribution in [-0.4, -0.2) is 19.6 Å². The summed E-state index contributed by atoms with van der Waals surface area (Å²) >= 11 is 6.22. The topological polar surface area (TPSA) is 50.9 Å². The van der Waals surface area contributed by atoms with Gasteiger partial charge in [0, 0.05) is 11.6 Å². The fourth-order valence-corrected chi connectivity index (χ4v) is 3.43.